The highest BCUT2D eigenvalue weighted by atomic mass is 15.1. The normalized spacial score (nSPS) is 28.2. The van der Waals surface area contributed by atoms with Gasteiger partial charge in [-0.05, 0) is 109 Å². The van der Waals surface area contributed by atoms with Gasteiger partial charge in [0.1, 0.15) is 0 Å². The molecule has 3 unspecified atom stereocenters. The van der Waals surface area contributed by atoms with Gasteiger partial charge >= 0.3 is 0 Å². The number of rotatable bonds is 7. The molecule has 3 atom stereocenters. The van der Waals surface area contributed by atoms with Crippen molar-refractivity contribution in [2.75, 3.05) is 4.90 Å². The second-order valence-electron chi connectivity index (χ2n) is 11.5. The summed E-state index contributed by atoms with van der Waals surface area (Å²) in [7, 11) is 0. The molecular weight excluding hydrogens is 434 g/mol. The lowest BCUT2D eigenvalue weighted by molar-refractivity contribution is 0.309. The molecule has 1 nitrogen and oxygen atoms in total. The molecule has 2 fully saturated rings. The number of hydrogen-bond donors (Lipinski definition) is 0. The molecule has 2 aromatic rings. The number of hydrogen-bond acceptors (Lipinski definition) is 1. The molecule has 2 aromatic carbocycles. The van der Waals surface area contributed by atoms with Gasteiger partial charge in [-0.15, -0.1) is 0 Å². The van der Waals surface area contributed by atoms with E-state index in [4.69, 9.17) is 0 Å². The van der Waals surface area contributed by atoms with Gasteiger partial charge in [0.2, 0.25) is 0 Å². The van der Waals surface area contributed by atoms with Crippen LogP contribution in [0.2, 0.25) is 0 Å². The molecule has 4 aliphatic rings. The van der Waals surface area contributed by atoms with E-state index in [-0.39, 0.29) is 5.41 Å². The van der Waals surface area contributed by atoms with Gasteiger partial charge in [0, 0.05) is 23.0 Å². The SMILES string of the molecule is C=C/C=C(\C=C/N(C1=CCC=C1)c1ccc(C2(C)C=C3CCC34CC4C2)cc1)c1ccc(C)c(C)c1. The van der Waals surface area contributed by atoms with Crippen molar-refractivity contribution in [2.24, 2.45) is 11.3 Å². The van der Waals surface area contributed by atoms with Crippen LogP contribution in [-0.4, -0.2) is 0 Å². The Bertz CT molecular complexity index is 1360. The number of nitrogens with zero attached hydrogens (tertiary/aromatic N) is 1. The highest BCUT2D eigenvalue weighted by molar-refractivity contribution is 5.77. The minimum absolute atomic E-state index is 0.176. The summed E-state index contributed by atoms with van der Waals surface area (Å²) in [6, 6.07) is 16.0. The van der Waals surface area contributed by atoms with E-state index in [9.17, 15) is 0 Å². The van der Waals surface area contributed by atoms with E-state index in [0.29, 0.717) is 5.41 Å². The summed E-state index contributed by atoms with van der Waals surface area (Å²) in [5, 5.41) is 0. The Morgan fingerprint density at radius 2 is 1.89 bits per heavy atom. The molecule has 0 bridgehead atoms. The van der Waals surface area contributed by atoms with Gasteiger partial charge in [-0.25, -0.2) is 0 Å². The third kappa shape index (κ3) is 3.86. The molecule has 0 aromatic heterocycles. The summed E-state index contributed by atoms with van der Waals surface area (Å²) >= 11 is 0. The third-order valence-corrected chi connectivity index (χ3v) is 9.25. The van der Waals surface area contributed by atoms with Crippen molar-refractivity contribution in [3.8, 4) is 0 Å². The Labute approximate surface area is 216 Å². The summed E-state index contributed by atoms with van der Waals surface area (Å²) in [6.07, 6.45) is 24.2. The second-order valence-corrected chi connectivity index (χ2v) is 11.5. The van der Waals surface area contributed by atoms with Crippen LogP contribution in [0.15, 0.2) is 109 Å². The van der Waals surface area contributed by atoms with Crippen LogP contribution in [0.25, 0.3) is 5.57 Å². The molecule has 0 saturated heterocycles. The number of benzene rings is 2. The molecule has 0 N–H and O–H groups in total. The zero-order valence-corrected chi connectivity index (χ0v) is 21.9. The van der Waals surface area contributed by atoms with E-state index < -0.39 is 0 Å². The highest BCUT2D eigenvalue weighted by Crippen LogP contribution is 2.74. The van der Waals surface area contributed by atoms with Crippen molar-refractivity contribution in [3.05, 3.63) is 131 Å². The monoisotopic (exact) mass is 471 g/mol. The van der Waals surface area contributed by atoms with E-state index in [0.717, 1.165) is 17.9 Å². The van der Waals surface area contributed by atoms with Crippen molar-refractivity contribution in [2.45, 2.75) is 58.3 Å². The van der Waals surface area contributed by atoms with Gasteiger partial charge in [-0.3, -0.25) is 0 Å². The molecule has 36 heavy (non-hydrogen) atoms. The van der Waals surface area contributed by atoms with E-state index >= 15 is 0 Å². The van der Waals surface area contributed by atoms with Gasteiger partial charge in [0.25, 0.3) is 0 Å². The first-order chi connectivity index (χ1) is 17.4. The summed E-state index contributed by atoms with van der Waals surface area (Å²) < 4.78 is 0. The Balaban J connectivity index is 1.30. The Hall–Kier alpha value is -3.32. The van der Waals surface area contributed by atoms with Crippen molar-refractivity contribution in [1.82, 2.24) is 0 Å². The fourth-order valence-corrected chi connectivity index (χ4v) is 6.71. The lowest BCUT2D eigenvalue weighted by Crippen LogP contribution is -2.32. The topological polar surface area (TPSA) is 3.24 Å². The number of anilines is 1. The zero-order valence-electron chi connectivity index (χ0n) is 21.9. The molecule has 0 heterocycles. The van der Waals surface area contributed by atoms with Crippen LogP contribution in [0.4, 0.5) is 5.69 Å². The first-order valence-electron chi connectivity index (χ1n) is 13.5. The van der Waals surface area contributed by atoms with Crippen LogP contribution in [0.3, 0.4) is 0 Å². The summed E-state index contributed by atoms with van der Waals surface area (Å²) in [6.45, 7) is 10.7. The number of allylic oxidation sites excluding steroid dienone is 9. The fraction of sp³-hybridized carbons (Fsp3) is 0.314. The largest absolute Gasteiger partial charge is 0.317 e. The maximum absolute atomic E-state index is 3.96. The average molecular weight is 472 g/mol. The molecule has 1 heteroatoms. The quantitative estimate of drug-likeness (QED) is 0.287. The first-order valence-corrected chi connectivity index (χ1v) is 13.5. The Morgan fingerprint density at radius 3 is 2.53 bits per heavy atom. The lowest BCUT2D eigenvalue weighted by Gasteiger charge is -2.42. The molecule has 182 valence electrons. The summed E-state index contributed by atoms with van der Waals surface area (Å²) in [4.78, 5) is 2.31. The summed E-state index contributed by atoms with van der Waals surface area (Å²) in [5.74, 6) is 0.921. The van der Waals surface area contributed by atoms with E-state index in [2.05, 4.69) is 117 Å². The predicted octanol–water partition coefficient (Wildman–Crippen LogP) is 9.12. The molecular formula is C35H37N. The highest BCUT2D eigenvalue weighted by Gasteiger charge is 2.64. The Kier molecular flexibility index (Phi) is 5.56. The van der Waals surface area contributed by atoms with E-state index in [1.165, 1.54) is 59.3 Å². The van der Waals surface area contributed by atoms with Crippen LogP contribution in [0.1, 0.15) is 61.3 Å². The molecule has 0 aliphatic heterocycles. The molecule has 0 amide bonds. The van der Waals surface area contributed by atoms with E-state index in [1.54, 1.807) is 5.57 Å². The minimum atomic E-state index is 0.176. The van der Waals surface area contributed by atoms with Crippen LogP contribution in [0, 0.1) is 25.2 Å². The maximum Gasteiger partial charge on any atom is 0.0455 e. The van der Waals surface area contributed by atoms with Gasteiger partial charge in [0.05, 0.1) is 0 Å². The average Bonchev–Trinajstić information content (AvgIpc) is 3.38. The van der Waals surface area contributed by atoms with Crippen molar-refractivity contribution in [1.29, 1.82) is 0 Å². The van der Waals surface area contributed by atoms with Gasteiger partial charge in [-0.1, -0.05) is 79.8 Å². The summed E-state index contributed by atoms with van der Waals surface area (Å²) in [5.41, 5.74) is 11.4. The molecule has 1 spiro atoms. The van der Waals surface area contributed by atoms with Crippen LogP contribution < -0.4 is 4.90 Å². The standard InChI is InChI=1S/C35H37N/c1-5-8-27(28-12-11-25(2)26(3)21-28)18-20-36(32-9-6-7-10-32)33-15-13-29(14-16-33)34(4)22-30-17-19-35(30)24-31(35)23-34/h5-6,8-16,18,20-22,31H,1,7,17,19,23-24H2,2-4H3/b20-18-,27-8+. The van der Waals surface area contributed by atoms with Crippen molar-refractivity contribution < 1.29 is 0 Å². The van der Waals surface area contributed by atoms with Crippen molar-refractivity contribution in [3.63, 3.8) is 0 Å². The van der Waals surface area contributed by atoms with Crippen LogP contribution >= 0.6 is 0 Å². The molecule has 2 saturated carbocycles. The molecule has 4 aliphatic carbocycles. The minimum Gasteiger partial charge on any atom is -0.317 e. The lowest BCUT2D eigenvalue weighted by atomic mass is 9.63. The van der Waals surface area contributed by atoms with Gasteiger partial charge in [-0.2, -0.15) is 0 Å². The molecule has 6 rings (SSSR count). The van der Waals surface area contributed by atoms with Gasteiger partial charge < -0.3 is 4.90 Å². The smallest absolute Gasteiger partial charge is 0.0455 e. The second kappa shape index (κ2) is 8.66. The van der Waals surface area contributed by atoms with Crippen LogP contribution in [0.5, 0.6) is 0 Å². The predicted molar refractivity (Wildman–Crippen MR) is 154 cm³/mol. The van der Waals surface area contributed by atoms with Crippen LogP contribution in [-0.2, 0) is 5.41 Å². The van der Waals surface area contributed by atoms with Gasteiger partial charge in [0.15, 0.2) is 0 Å². The first kappa shape index (κ1) is 23.1. The number of aryl methyl sites for hydroxylation is 2. The molecule has 0 radical (unpaired) electrons. The maximum atomic E-state index is 3.96. The zero-order chi connectivity index (χ0) is 24.9. The van der Waals surface area contributed by atoms with Crippen molar-refractivity contribution >= 4 is 11.3 Å². The fourth-order valence-electron chi connectivity index (χ4n) is 6.71. The third-order valence-electron chi connectivity index (χ3n) is 9.25. The van der Waals surface area contributed by atoms with E-state index in [1.807, 2.05) is 6.08 Å². The Morgan fingerprint density at radius 1 is 1.06 bits per heavy atom.